The molecular weight excluding hydrogens is 222 g/mol. The van der Waals surface area contributed by atoms with Gasteiger partial charge < -0.3 is 4.90 Å². The molecule has 0 aromatic rings. The first kappa shape index (κ1) is 15.5. The van der Waals surface area contributed by atoms with Crippen molar-refractivity contribution in [3.05, 3.63) is 0 Å². The second-order valence-corrected chi connectivity index (χ2v) is 7.75. The van der Waals surface area contributed by atoms with E-state index in [1.807, 2.05) is 0 Å². The molecule has 0 spiro atoms. The lowest BCUT2D eigenvalue weighted by molar-refractivity contribution is -0.147. The van der Waals surface area contributed by atoms with E-state index in [1.165, 1.54) is 12.8 Å². The summed E-state index contributed by atoms with van der Waals surface area (Å²) < 4.78 is 0. The third-order valence-corrected chi connectivity index (χ3v) is 5.18. The molecule has 0 bridgehead atoms. The molecule has 0 saturated carbocycles. The van der Waals surface area contributed by atoms with E-state index in [2.05, 4.69) is 53.4 Å². The zero-order chi connectivity index (χ0) is 14.1. The molecule has 0 aromatic heterocycles. The van der Waals surface area contributed by atoms with Crippen molar-refractivity contribution >= 4 is 5.91 Å². The van der Waals surface area contributed by atoms with Crippen LogP contribution in [0.15, 0.2) is 0 Å². The minimum atomic E-state index is -0.280. The first-order valence-electron chi connectivity index (χ1n) is 7.36. The summed E-state index contributed by atoms with van der Waals surface area (Å²) in [7, 11) is 0. The average molecular weight is 253 g/mol. The van der Waals surface area contributed by atoms with Crippen molar-refractivity contribution in [1.82, 2.24) is 4.90 Å². The maximum absolute atomic E-state index is 12.7. The number of nitrogens with zero attached hydrogens (tertiary/aromatic N) is 1. The van der Waals surface area contributed by atoms with E-state index >= 15 is 0 Å². The quantitative estimate of drug-likeness (QED) is 0.729. The molecular formula is C16H31NO. The van der Waals surface area contributed by atoms with Gasteiger partial charge in [0.05, 0.1) is 0 Å². The summed E-state index contributed by atoms with van der Waals surface area (Å²) in [6, 6.07) is 0. The number of piperidine rings is 1. The van der Waals surface area contributed by atoms with Crippen LogP contribution in [0.4, 0.5) is 0 Å². The number of carbonyl (C=O) groups is 1. The predicted octanol–water partition coefficient (Wildman–Crippen LogP) is 3.95. The summed E-state index contributed by atoms with van der Waals surface area (Å²) in [5, 5.41) is 0. The van der Waals surface area contributed by atoms with Gasteiger partial charge in [0, 0.05) is 18.5 Å². The topological polar surface area (TPSA) is 20.3 Å². The molecule has 0 aromatic carbocycles. The van der Waals surface area contributed by atoms with Crippen molar-refractivity contribution < 1.29 is 4.79 Å². The van der Waals surface area contributed by atoms with Crippen LogP contribution in [-0.4, -0.2) is 23.9 Å². The van der Waals surface area contributed by atoms with Gasteiger partial charge in [-0.15, -0.1) is 0 Å². The highest BCUT2D eigenvalue weighted by Gasteiger charge is 2.42. The molecule has 1 saturated heterocycles. The zero-order valence-electron chi connectivity index (χ0n) is 13.3. The van der Waals surface area contributed by atoms with E-state index in [0.717, 1.165) is 24.9 Å². The maximum Gasteiger partial charge on any atom is 0.228 e. The maximum atomic E-state index is 12.7. The number of rotatable bonds is 2. The second-order valence-electron chi connectivity index (χ2n) is 7.75. The molecule has 1 rings (SSSR count). The van der Waals surface area contributed by atoms with Crippen LogP contribution < -0.4 is 0 Å². The fraction of sp³-hybridized carbons (Fsp3) is 0.938. The molecule has 0 unspecified atom stereocenters. The van der Waals surface area contributed by atoms with Crippen LogP contribution in [0.1, 0.15) is 61.3 Å². The van der Waals surface area contributed by atoms with E-state index in [-0.39, 0.29) is 10.8 Å². The van der Waals surface area contributed by atoms with E-state index in [0.29, 0.717) is 5.91 Å². The predicted molar refractivity (Wildman–Crippen MR) is 77.4 cm³/mol. The highest BCUT2D eigenvalue weighted by molar-refractivity contribution is 5.82. The van der Waals surface area contributed by atoms with Gasteiger partial charge in [-0.2, -0.15) is 0 Å². The minimum absolute atomic E-state index is 0.0129. The van der Waals surface area contributed by atoms with Crippen LogP contribution >= 0.6 is 0 Å². The molecule has 1 amide bonds. The molecule has 0 radical (unpaired) electrons. The van der Waals surface area contributed by atoms with Gasteiger partial charge in [0.25, 0.3) is 0 Å². The van der Waals surface area contributed by atoms with Crippen molar-refractivity contribution in [2.75, 3.05) is 13.1 Å². The Bertz CT molecular complexity index is 291. The van der Waals surface area contributed by atoms with Crippen molar-refractivity contribution in [1.29, 1.82) is 0 Å². The van der Waals surface area contributed by atoms with Gasteiger partial charge >= 0.3 is 0 Å². The van der Waals surface area contributed by atoms with Gasteiger partial charge in [-0.05, 0) is 30.1 Å². The van der Waals surface area contributed by atoms with Gasteiger partial charge in [0.15, 0.2) is 0 Å². The van der Waals surface area contributed by atoms with Crippen molar-refractivity contribution in [2.45, 2.75) is 61.3 Å². The number of hydrogen-bond donors (Lipinski definition) is 0. The Labute approximate surface area is 113 Å². The molecule has 0 N–H and O–H groups in total. The number of likely N-dealkylation sites (tertiary alicyclic amines) is 1. The van der Waals surface area contributed by atoms with Crippen molar-refractivity contribution in [2.24, 2.45) is 22.7 Å². The molecule has 106 valence electrons. The molecule has 18 heavy (non-hydrogen) atoms. The number of carbonyl (C=O) groups excluding carboxylic acids is 1. The smallest absolute Gasteiger partial charge is 0.228 e. The molecule has 1 heterocycles. The van der Waals surface area contributed by atoms with Gasteiger partial charge in [0.2, 0.25) is 5.91 Å². The van der Waals surface area contributed by atoms with Gasteiger partial charge in [-0.3, -0.25) is 4.79 Å². The van der Waals surface area contributed by atoms with Crippen molar-refractivity contribution in [3.63, 3.8) is 0 Å². The molecule has 2 nitrogen and oxygen atoms in total. The Kier molecular flexibility index (Phi) is 4.51. The summed E-state index contributed by atoms with van der Waals surface area (Å²) in [5.41, 5.74) is -0.267. The third-order valence-electron chi connectivity index (χ3n) is 5.18. The third kappa shape index (κ3) is 3.07. The average Bonchev–Trinajstić information content (AvgIpc) is 2.26. The van der Waals surface area contributed by atoms with Crippen LogP contribution in [0.25, 0.3) is 0 Å². The van der Waals surface area contributed by atoms with Crippen LogP contribution in [0, 0.1) is 22.7 Å². The largest absolute Gasteiger partial charge is 0.342 e. The molecule has 0 atom stereocenters. The second kappa shape index (κ2) is 5.22. The summed E-state index contributed by atoms with van der Waals surface area (Å²) in [6.45, 7) is 17.1. The Morgan fingerprint density at radius 3 is 1.83 bits per heavy atom. The fourth-order valence-corrected chi connectivity index (χ4v) is 2.49. The first-order chi connectivity index (χ1) is 8.07. The van der Waals surface area contributed by atoms with Crippen molar-refractivity contribution in [3.8, 4) is 0 Å². The van der Waals surface area contributed by atoms with Gasteiger partial charge in [-0.1, -0.05) is 48.5 Å². The van der Waals surface area contributed by atoms with E-state index in [4.69, 9.17) is 0 Å². The zero-order valence-corrected chi connectivity index (χ0v) is 13.3. The molecule has 0 aliphatic carbocycles. The van der Waals surface area contributed by atoms with E-state index in [9.17, 15) is 4.79 Å². The highest BCUT2D eigenvalue weighted by Crippen LogP contribution is 2.40. The monoisotopic (exact) mass is 253 g/mol. The molecule has 2 heteroatoms. The normalized spacial score (nSPS) is 19.4. The summed E-state index contributed by atoms with van der Waals surface area (Å²) in [6.07, 6.45) is 2.34. The SMILES string of the molecule is CC(C)C1CCN(C(=O)C(C)(C)C(C)(C)C)CC1. The van der Waals surface area contributed by atoms with Crippen LogP contribution in [0.2, 0.25) is 0 Å². The lowest BCUT2D eigenvalue weighted by Gasteiger charge is -2.43. The number of hydrogen-bond acceptors (Lipinski definition) is 1. The fourth-order valence-electron chi connectivity index (χ4n) is 2.49. The van der Waals surface area contributed by atoms with E-state index in [1.54, 1.807) is 0 Å². The van der Waals surface area contributed by atoms with Gasteiger partial charge in [0.1, 0.15) is 0 Å². The lowest BCUT2D eigenvalue weighted by Crippen LogP contribution is -2.50. The Hall–Kier alpha value is -0.530. The Balaban J connectivity index is 2.66. The standard InChI is InChI=1S/C16H31NO/c1-12(2)13-8-10-17(11-9-13)14(18)16(6,7)15(3,4)5/h12-13H,8-11H2,1-7H3. The summed E-state index contributed by atoms with van der Waals surface area (Å²) in [4.78, 5) is 14.8. The highest BCUT2D eigenvalue weighted by atomic mass is 16.2. The molecule has 1 aliphatic heterocycles. The lowest BCUT2D eigenvalue weighted by atomic mass is 9.68. The summed E-state index contributed by atoms with van der Waals surface area (Å²) >= 11 is 0. The van der Waals surface area contributed by atoms with Gasteiger partial charge in [-0.25, -0.2) is 0 Å². The first-order valence-corrected chi connectivity index (χ1v) is 7.36. The Morgan fingerprint density at radius 1 is 1.06 bits per heavy atom. The van der Waals surface area contributed by atoms with Crippen LogP contribution in [-0.2, 0) is 4.79 Å². The van der Waals surface area contributed by atoms with E-state index < -0.39 is 0 Å². The van der Waals surface area contributed by atoms with Crippen LogP contribution in [0.5, 0.6) is 0 Å². The molecule has 1 aliphatic rings. The minimum Gasteiger partial charge on any atom is -0.342 e. The number of amides is 1. The summed E-state index contributed by atoms with van der Waals surface area (Å²) in [5.74, 6) is 1.88. The van der Waals surface area contributed by atoms with Crippen LogP contribution in [0.3, 0.4) is 0 Å². The Morgan fingerprint density at radius 2 is 1.50 bits per heavy atom. The molecule has 1 fully saturated rings.